The van der Waals surface area contributed by atoms with Gasteiger partial charge in [-0.05, 0) is 29.2 Å². The Morgan fingerprint density at radius 2 is 1.71 bits per heavy atom. The summed E-state index contributed by atoms with van der Waals surface area (Å²) in [5.74, 6) is 0.450. The topological polar surface area (TPSA) is 97.3 Å². The molecule has 0 saturated carbocycles. The van der Waals surface area contributed by atoms with Crippen molar-refractivity contribution in [2.24, 2.45) is 10.2 Å². The summed E-state index contributed by atoms with van der Waals surface area (Å²) in [5, 5.41) is 30.4. The van der Waals surface area contributed by atoms with Crippen LogP contribution in [0.25, 0.3) is 0 Å². The fourth-order valence-corrected chi connectivity index (χ4v) is 3.07. The van der Waals surface area contributed by atoms with Crippen molar-refractivity contribution >= 4 is 28.7 Å². The Morgan fingerprint density at radius 3 is 2.35 bits per heavy atom. The molecule has 0 aliphatic heterocycles. The third-order valence-electron chi connectivity index (χ3n) is 4.52. The number of hydrogen-bond acceptors (Lipinski definition) is 6. The van der Waals surface area contributed by atoms with E-state index in [0.29, 0.717) is 17.9 Å². The highest BCUT2D eigenvalue weighted by molar-refractivity contribution is 6.30. The Hall–Kier alpha value is -3.45. The molecule has 1 N–H and O–H groups in total. The van der Waals surface area contributed by atoms with Gasteiger partial charge in [0, 0.05) is 22.7 Å². The van der Waals surface area contributed by atoms with Crippen molar-refractivity contribution in [3.63, 3.8) is 0 Å². The molecule has 0 aliphatic rings. The minimum atomic E-state index is -0.583. The Labute approximate surface area is 185 Å². The lowest BCUT2D eigenvalue weighted by Gasteiger charge is -2.22. The second-order valence-corrected chi connectivity index (χ2v) is 8.39. The fourth-order valence-electron chi connectivity index (χ4n) is 2.90. The number of rotatable bonds is 6. The van der Waals surface area contributed by atoms with Gasteiger partial charge < -0.3 is 9.84 Å². The summed E-state index contributed by atoms with van der Waals surface area (Å²) in [6.07, 6.45) is 0. The first kappa shape index (κ1) is 22.2. The van der Waals surface area contributed by atoms with Crippen LogP contribution in [0.2, 0.25) is 5.02 Å². The van der Waals surface area contributed by atoms with Gasteiger partial charge in [0.05, 0.1) is 4.92 Å². The highest BCUT2D eigenvalue weighted by Gasteiger charge is 2.22. The van der Waals surface area contributed by atoms with Gasteiger partial charge in [-0.3, -0.25) is 10.1 Å². The number of benzene rings is 3. The monoisotopic (exact) mass is 439 g/mol. The number of nitrogens with zero attached hydrogens (tertiary/aromatic N) is 3. The van der Waals surface area contributed by atoms with Crippen LogP contribution in [0.5, 0.6) is 11.5 Å². The lowest BCUT2D eigenvalue weighted by molar-refractivity contribution is -0.384. The normalized spacial score (nSPS) is 11.6. The van der Waals surface area contributed by atoms with Crippen molar-refractivity contribution in [1.82, 2.24) is 0 Å². The quantitative estimate of drug-likeness (QED) is 0.248. The molecular weight excluding hydrogens is 418 g/mol. The van der Waals surface area contributed by atoms with Gasteiger partial charge in [-0.1, -0.05) is 62.7 Å². The number of phenolic OH excluding ortho intramolecular Hbond substituents is 1. The molecule has 0 aliphatic carbocycles. The molecule has 0 atom stereocenters. The second-order valence-electron chi connectivity index (χ2n) is 7.95. The van der Waals surface area contributed by atoms with Crippen LogP contribution in [0.15, 0.2) is 70.9 Å². The van der Waals surface area contributed by atoms with Crippen molar-refractivity contribution < 1.29 is 14.8 Å². The highest BCUT2D eigenvalue weighted by atomic mass is 35.5. The summed E-state index contributed by atoms with van der Waals surface area (Å²) in [4.78, 5) is 10.7. The number of ether oxygens (including phenoxy) is 1. The van der Waals surface area contributed by atoms with Gasteiger partial charge in [0.25, 0.3) is 5.69 Å². The number of halogens is 1. The zero-order valence-electron chi connectivity index (χ0n) is 17.4. The minimum Gasteiger partial charge on any atom is -0.505 e. The van der Waals surface area contributed by atoms with Gasteiger partial charge in [0.15, 0.2) is 5.69 Å². The Bertz CT molecular complexity index is 1130. The molecule has 0 fully saturated rings. The molecule has 3 aromatic rings. The van der Waals surface area contributed by atoms with E-state index in [9.17, 15) is 15.2 Å². The second kappa shape index (κ2) is 9.14. The molecule has 0 radical (unpaired) electrons. The van der Waals surface area contributed by atoms with E-state index in [-0.39, 0.29) is 27.8 Å². The predicted octanol–water partition coefficient (Wildman–Crippen LogP) is 7.25. The van der Waals surface area contributed by atoms with Gasteiger partial charge in [0.2, 0.25) is 0 Å². The number of nitro groups is 1. The van der Waals surface area contributed by atoms with Gasteiger partial charge >= 0.3 is 0 Å². The van der Waals surface area contributed by atoms with E-state index >= 15 is 0 Å². The van der Waals surface area contributed by atoms with E-state index in [1.165, 1.54) is 18.2 Å². The van der Waals surface area contributed by atoms with Crippen molar-refractivity contribution in [1.29, 1.82) is 0 Å². The van der Waals surface area contributed by atoms with E-state index in [2.05, 4.69) is 10.2 Å². The molecular formula is C23H22ClN3O4. The minimum absolute atomic E-state index is 0.0294. The van der Waals surface area contributed by atoms with E-state index < -0.39 is 10.3 Å². The molecule has 0 aromatic heterocycles. The van der Waals surface area contributed by atoms with Crippen LogP contribution in [-0.2, 0) is 12.0 Å². The number of azo groups is 1. The molecule has 0 saturated heterocycles. The van der Waals surface area contributed by atoms with Gasteiger partial charge in [-0.25, -0.2) is 0 Å². The third-order valence-corrected chi connectivity index (χ3v) is 4.75. The first-order chi connectivity index (χ1) is 14.6. The summed E-state index contributed by atoms with van der Waals surface area (Å²) < 4.78 is 5.91. The molecule has 3 rings (SSSR count). The number of phenols is 1. The summed E-state index contributed by atoms with van der Waals surface area (Å²) in [6, 6.07) is 17.1. The Morgan fingerprint density at radius 1 is 1.03 bits per heavy atom. The van der Waals surface area contributed by atoms with Crippen LogP contribution in [0.1, 0.15) is 31.9 Å². The smallest absolute Gasteiger partial charge is 0.298 e. The zero-order chi connectivity index (χ0) is 22.6. The predicted molar refractivity (Wildman–Crippen MR) is 120 cm³/mol. The van der Waals surface area contributed by atoms with E-state index in [1.54, 1.807) is 12.1 Å². The third kappa shape index (κ3) is 5.58. The standard InChI is InChI=1S/C23H22ClN3O4/c1-23(2,3)18-12-17(31-14-15-7-5-4-6-8-15)13-20(22(18)28)26-25-19-10-9-16(24)11-21(19)27(29)30/h4-13,28H,14H2,1-3H3. The SMILES string of the molecule is CC(C)(C)c1cc(OCc2ccccc2)cc(N=Nc2ccc(Cl)cc2[N+](=O)[O-])c1O. The molecule has 0 bridgehead atoms. The van der Waals surface area contributed by atoms with E-state index in [1.807, 2.05) is 51.1 Å². The van der Waals surface area contributed by atoms with Crippen molar-refractivity contribution in [2.45, 2.75) is 32.8 Å². The maximum atomic E-state index is 11.3. The molecule has 0 spiro atoms. The maximum Gasteiger partial charge on any atom is 0.298 e. The largest absolute Gasteiger partial charge is 0.505 e. The molecule has 0 unspecified atom stereocenters. The average Bonchev–Trinajstić information content (AvgIpc) is 2.72. The molecule has 0 heterocycles. The fraction of sp³-hybridized carbons (Fsp3) is 0.217. The summed E-state index contributed by atoms with van der Waals surface area (Å²) in [5.41, 5.74) is 1.13. The Kier molecular flexibility index (Phi) is 6.56. The number of nitro benzene ring substituents is 1. The van der Waals surface area contributed by atoms with Crippen molar-refractivity contribution in [3.05, 3.63) is 86.9 Å². The van der Waals surface area contributed by atoms with Crippen LogP contribution in [-0.4, -0.2) is 10.0 Å². The average molecular weight is 440 g/mol. The Balaban J connectivity index is 1.99. The summed E-state index contributed by atoms with van der Waals surface area (Å²) in [6.45, 7) is 6.20. The number of hydrogen-bond donors (Lipinski definition) is 1. The summed E-state index contributed by atoms with van der Waals surface area (Å²) in [7, 11) is 0. The van der Waals surface area contributed by atoms with Crippen molar-refractivity contribution in [3.8, 4) is 11.5 Å². The van der Waals surface area contributed by atoms with Gasteiger partial charge in [0.1, 0.15) is 23.8 Å². The van der Waals surface area contributed by atoms with Gasteiger partial charge in [-0.2, -0.15) is 0 Å². The highest BCUT2D eigenvalue weighted by Crippen LogP contribution is 2.42. The molecule has 31 heavy (non-hydrogen) atoms. The van der Waals surface area contributed by atoms with Crippen LogP contribution in [0, 0.1) is 10.1 Å². The van der Waals surface area contributed by atoms with Crippen LogP contribution in [0.3, 0.4) is 0 Å². The van der Waals surface area contributed by atoms with Crippen molar-refractivity contribution in [2.75, 3.05) is 0 Å². The molecule has 7 nitrogen and oxygen atoms in total. The summed E-state index contributed by atoms with van der Waals surface area (Å²) >= 11 is 5.85. The lowest BCUT2D eigenvalue weighted by atomic mass is 9.86. The number of aromatic hydroxyl groups is 1. The van der Waals surface area contributed by atoms with Crippen LogP contribution < -0.4 is 4.74 Å². The maximum absolute atomic E-state index is 11.3. The molecule has 3 aromatic carbocycles. The lowest BCUT2D eigenvalue weighted by Crippen LogP contribution is -2.11. The first-order valence-electron chi connectivity index (χ1n) is 9.55. The zero-order valence-corrected chi connectivity index (χ0v) is 18.1. The molecule has 8 heteroatoms. The van der Waals surface area contributed by atoms with E-state index in [4.69, 9.17) is 16.3 Å². The first-order valence-corrected chi connectivity index (χ1v) is 9.93. The van der Waals surface area contributed by atoms with Gasteiger partial charge in [-0.15, -0.1) is 10.2 Å². The molecule has 0 amide bonds. The molecule has 160 valence electrons. The van der Waals surface area contributed by atoms with Crippen LogP contribution in [0.4, 0.5) is 17.1 Å². The van der Waals surface area contributed by atoms with E-state index in [0.717, 1.165) is 5.56 Å². The van der Waals surface area contributed by atoms with Crippen LogP contribution >= 0.6 is 11.6 Å².